The number of amides is 1. The van der Waals surface area contributed by atoms with Crippen LogP contribution < -0.4 is 14.5 Å². The molecule has 0 aliphatic carbocycles. The molecule has 0 heterocycles. The summed E-state index contributed by atoms with van der Waals surface area (Å²) in [6, 6.07) is 21.3. The lowest BCUT2D eigenvalue weighted by molar-refractivity contribution is -0.131. The van der Waals surface area contributed by atoms with Crippen molar-refractivity contribution >= 4 is 33.8 Å². The van der Waals surface area contributed by atoms with Gasteiger partial charge in [-0.15, -0.1) is 0 Å². The van der Waals surface area contributed by atoms with E-state index < -0.39 is 28.4 Å². The Morgan fingerprint density at radius 1 is 0.970 bits per heavy atom. The summed E-state index contributed by atoms with van der Waals surface area (Å²) in [4.78, 5) is 23.6. The molecule has 3 aromatic carbocycles. The zero-order valence-electron chi connectivity index (χ0n) is 18.1. The molecule has 8 nitrogen and oxygen atoms in total. The van der Waals surface area contributed by atoms with Crippen molar-refractivity contribution in [2.45, 2.75) is 18.7 Å². The number of benzene rings is 3. The van der Waals surface area contributed by atoms with Gasteiger partial charge in [-0.05, 0) is 61.0 Å². The van der Waals surface area contributed by atoms with E-state index in [9.17, 15) is 18.0 Å². The second kappa shape index (κ2) is 10.6. The van der Waals surface area contributed by atoms with E-state index in [1.54, 1.807) is 66.7 Å². The van der Waals surface area contributed by atoms with E-state index in [1.807, 2.05) is 6.92 Å². The van der Waals surface area contributed by atoms with Gasteiger partial charge in [0, 0.05) is 6.92 Å². The third-order valence-corrected chi connectivity index (χ3v) is 6.27. The molecule has 0 spiro atoms. The average molecular weight is 466 g/mol. The molecule has 0 aliphatic heterocycles. The quantitative estimate of drug-likeness (QED) is 0.238. The van der Waals surface area contributed by atoms with Crippen molar-refractivity contribution in [3.8, 4) is 5.75 Å². The molecule has 3 rings (SSSR count). The molecular formula is C24H23N3O5S. The fourth-order valence-corrected chi connectivity index (χ4v) is 4.32. The van der Waals surface area contributed by atoms with Crippen molar-refractivity contribution in [3.05, 3.63) is 90.0 Å². The average Bonchev–Trinajstić information content (AvgIpc) is 2.79. The zero-order valence-corrected chi connectivity index (χ0v) is 19.0. The van der Waals surface area contributed by atoms with Crippen LogP contribution >= 0.6 is 0 Å². The highest BCUT2D eigenvalue weighted by molar-refractivity contribution is 7.92. The predicted molar refractivity (Wildman–Crippen MR) is 126 cm³/mol. The van der Waals surface area contributed by atoms with Gasteiger partial charge < -0.3 is 4.74 Å². The third-order valence-electron chi connectivity index (χ3n) is 4.48. The Labute approximate surface area is 192 Å². The molecule has 0 saturated carbocycles. The number of nitrogens with zero attached hydrogens (tertiary/aromatic N) is 2. The number of esters is 1. The lowest BCUT2D eigenvalue weighted by Gasteiger charge is -2.23. The second-order valence-corrected chi connectivity index (χ2v) is 8.98. The Morgan fingerprint density at radius 2 is 1.61 bits per heavy atom. The van der Waals surface area contributed by atoms with Crippen LogP contribution in [0.2, 0.25) is 0 Å². The van der Waals surface area contributed by atoms with E-state index in [-0.39, 0.29) is 4.90 Å². The van der Waals surface area contributed by atoms with Crippen LogP contribution in [0.25, 0.3) is 0 Å². The largest absolute Gasteiger partial charge is 0.427 e. The summed E-state index contributed by atoms with van der Waals surface area (Å²) in [6.07, 6.45) is 1.40. The van der Waals surface area contributed by atoms with Gasteiger partial charge in [-0.2, -0.15) is 5.10 Å². The highest BCUT2D eigenvalue weighted by Gasteiger charge is 2.27. The first kappa shape index (κ1) is 23.7. The molecule has 1 N–H and O–H groups in total. The zero-order chi connectivity index (χ0) is 23.8. The Hall–Kier alpha value is -3.98. The molecule has 0 radical (unpaired) electrons. The summed E-state index contributed by atoms with van der Waals surface area (Å²) in [5.41, 5.74) is 4.33. The molecule has 0 atom stereocenters. The molecule has 170 valence electrons. The molecule has 3 aromatic rings. The normalized spacial score (nSPS) is 11.2. The lowest BCUT2D eigenvalue weighted by Crippen LogP contribution is -2.39. The number of anilines is 1. The SMILES string of the molecule is CC(=O)Oc1ccc(/C=N\NC(=O)CN(c2ccc(C)cc2)S(=O)(=O)c2ccccc2)cc1. The van der Waals surface area contributed by atoms with Gasteiger partial charge in [0.15, 0.2) is 0 Å². The molecular weight excluding hydrogens is 442 g/mol. The summed E-state index contributed by atoms with van der Waals surface area (Å²) in [5.74, 6) is -0.640. The smallest absolute Gasteiger partial charge is 0.308 e. The van der Waals surface area contributed by atoms with Crippen LogP contribution in [0.3, 0.4) is 0 Å². The van der Waals surface area contributed by atoms with Crippen LogP contribution in [0.5, 0.6) is 5.75 Å². The van der Waals surface area contributed by atoms with Crippen LogP contribution in [-0.2, 0) is 19.6 Å². The van der Waals surface area contributed by atoms with E-state index in [4.69, 9.17) is 4.74 Å². The monoisotopic (exact) mass is 465 g/mol. The van der Waals surface area contributed by atoms with Crippen molar-refractivity contribution in [2.75, 3.05) is 10.8 Å². The number of rotatable bonds is 8. The summed E-state index contributed by atoms with van der Waals surface area (Å²) in [5, 5.41) is 3.89. The van der Waals surface area contributed by atoms with Crippen LogP contribution in [0.4, 0.5) is 5.69 Å². The first-order valence-electron chi connectivity index (χ1n) is 10.0. The van der Waals surface area contributed by atoms with E-state index in [0.29, 0.717) is 17.0 Å². The number of nitrogens with one attached hydrogen (secondary N) is 1. The second-order valence-electron chi connectivity index (χ2n) is 7.12. The fourth-order valence-electron chi connectivity index (χ4n) is 2.88. The van der Waals surface area contributed by atoms with Crippen molar-refractivity contribution < 1.29 is 22.7 Å². The van der Waals surface area contributed by atoms with Gasteiger partial charge in [0.1, 0.15) is 12.3 Å². The van der Waals surface area contributed by atoms with Crippen molar-refractivity contribution in [2.24, 2.45) is 5.10 Å². The van der Waals surface area contributed by atoms with Gasteiger partial charge in [-0.3, -0.25) is 13.9 Å². The molecule has 1 amide bonds. The molecule has 33 heavy (non-hydrogen) atoms. The first-order chi connectivity index (χ1) is 15.8. The van der Waals surface area contributed by atoms with Crippen LogP contribution in [-0.4, -0.2) is 33.1 Å². The standard InChI is InChI=1S/C24H23N3O5S/c1-18-8-12-21(13-9-18)27(33(30,31)23-6-4-3-5-7-23)17-24(29)26-25-16-20-10-14-22(15-11-20)32-19(2)28/h3-16H,17H2,1-2H3,(H,26,29)/b25-16-. The van der Waals surface area contributed by atoms with E-state index >= 15 is 0 Å². The van der Waals surface area contributed by atoms with Crippen molar-refractivity contribution in [3.63, 3.8) is 0 Å². The Morgan fingerprint density at radius 3 is 2.21 bits per heavy atom. The molecule has 9 heteroatoms. The topological polar surface area (TPSA) is 105 Å². The maximum atomic E-state index is 13.2. The minimum absolute atomic E-state index is 0.0785. The summed E-state index contributed by atoms with van der Waals surface area (Å²) < 4.78 is 32.5. The highest BCUT2D eigenvalue weighted by Crippen LogP contribution is 2.23. The Kier molecular flexibility index (Phi) is 7.57. The van der Waals surface area contributed by atoms with Crippen molar-refractivity contribution in [1.29, 1.82) is 0 Å². The number of carbonyl (C=O) groups excluding carboxylic acids is 2. The van der Waals surface area contributed by atoms with Crippen LogP contribution in [0.15, 0.2) is 88.9 Å². The Bertz CT molecular complexity index is 1240. The maximum absolute atomic E-state index is 13.2. The van der Waals surface area contributed by atoms with Crippen LogP contribution in [0.1, 0.15) is 18.1 Å². The molecule has 0 bridgehead atoms. The van der Waals surface area contributed by atoms with E-state index in [0.717, 1.165) is 9.87 Å². The van der Waals surface area contributed by atoms with Gasteiger partial charge in [0.2, 0.25) is 0 Å². The van der Waals surface area contributed by atoms with Crippen molar-refractivity contribution in [1.82, 2.24) is 5.43 Å². The molecule has 0 saturated heterocycles. The van der Waals surface area contributed by atoms with E-state index in [2.05, 4.69) is 10.5 Å². The minimum atomic E-state index is -3.97. The van der Waals surface area contributed by atoms with Crippen LogP contribution in [0, 0.1) is 6.92 Å². The predicted octanol–water partition coefficient (Wildman–Crippen LogP) is 3.27. The molecule has 0 fully saturated rings. The fraction of sp³-hybridized carbons (Fsp3) is 0.125. The number of hydrogen-bond acceptors (Lipinski definition) is 6. The minimum Gasteiger partial charge on any atom is -0.427 e. The maximum Gasteiger partial charge on any atom is 0.308 e. The molecule has 0 aliphatic rings. The molecule has 0 unspecified atom stereocenters. The van der Waals surface area contributed by atoms with Gasteiger partial charge in [-0.1, -0.05) is 35.9 Å². The summed E-state index contributed by atoms with van der Waals surface area (Å²) in [6.45, 7) is 2.74. The molecule has 0 aromatic heterocycles. The number of hydrazone groups is 1. The number of carbonyl (C=O) groups is 2. The van der Waals surface area contributed by atoms with Gasteiger partial charge in [0.25, 0.3) is 15.9 Å². The third kappa shape index (κ3) is 6.50. The number of aryl methyl sites for hydroxylation is 1. The number of sulfonamides is 1. The summed E-state index contributed by atoms with van der Waals surface area (Å²) in [7, 11) is -3.97. The number of hydrogen-bond donors (Lipinski definition) is 1. The van der Waals surface area contributed by atoms with Gasteiger partial charge >= 0.3 is 5.97 Å². The number of ether oxygens (including phenoxy) is 1. The van der Waals surface area contributed by atoms with Gasteiger partial charge in [0.05, 0.1) is 16.8 Å². The summed E-state index contributed by atoms with van der Waals surface area (Å²) >= 11 is 0. The highest BCUT2D eigenvalue weighted by atomic mass is 32.2. The first-order valence-corrected chi connectivity index (χ1v) is 11.4. The van der Waals surface area contributed by atoms with Gasteiger partial charge in [-0.25, -0.2) is 13.8 Å². The Balaban J connectivity index is 1.74. The lowest BCUT2D eigenvalue weighted by atomic mass is 10.2. The van der Waals surface area contributed by atoms with E-state index in [1.165, 1.54) is 25.3 Å².